The molecule has 0 aliphatic carbocycles. The third-order valence-corrected chi connectivity index (χ3v) is 4.19. The molecule has 0 aromatic carbocycles. The van der Waals surface area contributed by atoms with Crippen LogP contribution in [0.15, 0.2) is 0 Å². The zero-order chi connectivity index (χ0) is 15.3. The van der Waals surface area contributed by atoms with E-state index < -0.39 is 0 Å². The van der Waals surface area contributed by atoms with E-state index in [-0.39, 0.29) is 11.6 Å². The Kier molecular flexibility index (Phi) is 6.62. The molecule has 1 N–H and O–H groups in total. The van der Waals surface area contributed by atoms with Crippen LogP contribution in [0.1, 0.15) is 57.1 Å². The molecule has 0 aliphatic heterocycles. The summed E-state index contributed by atoms with van der Waals surface area (Å²) in [5, 5.41) is 4.77. The van der Waals surface area contributed by atoms with Gasteiger partial charge in [0.2, 0.25) is 0 Å². The van der Waals surface area contributed by atoms with Gasteiger partial charge >= 0.3 is 0 Å². The Morgan fingerprint density at radius 2 is 1.85 bits per heavy atom. The molecule has 1 aromatic rings. The van der Waals surface area contributed by atoms with Gasteiger partial charge < -0.3 is 10.1 Å². The Morgan fingerprint density at radius 3 is 2.35 bits per heavy atom. The lowest BCUT2D eigenvalue weighted by atomic mass is 10.1. The summed E-state index contributed by atoms with van der Waals surface area (Å²) in [5.41, 5.74) is 1.40. The van der Waals surface area contributed by atoms with E-state index in [2.05, 4.69) is 46.9 Å². The normalized spacial score (nSPS) is 14.0. The van der Waals surface area contributed by atoms with Crippen molar-refractivity contribution in [1.82, 2.24) is 10.3 Å². The van der Waals surface area contributed by atoms with E-state index in [1.807, 2.05) is 11.3 Å². The van der Waals surface area contributed by atoms with Crippen LogP contribution in [0.4, 0.5) is 0 Å². The number of ether oxygens (including phenoxy) is 1. The van der Waals surface area contributed by atoms with Crippen LogP contribution < -0.4 is 5.32 Å². The topological polar surface area (TPSA) is 34.1 Å². The molecule has 0 fully saturated rings. The minimum Gasteiger partial charge on any atom is -0.381 e. The van der Waals surface area contributed by atoms with Gasteiger partial charge in [-0.1, -0.05) is 13.8 Å². The first-order valence-electron chi connectivity index (χ1n) is 7.46. The second kappa shape index (κ2) is 7.53. The van der Waals surface area contributed by atoms with Crippen LogP contribution in [0.2, 0.25) is 0 Å². The Labute approximate surface area is 128 Å². The monoisotopic (exact) mass is 298 g/mol. The van der Waals surface area contributed by atoms with Crippen molar-refractivity contribution in [3.63, 3.8) is 0 Å². The lowest BCUT2D eigenvalue weighted by Crippen LogP contribution is -2.35. The summed E-state index contributed by atoms with van der Waals surface area (Å²) in [6.45, 7) is 14.1. The number of methoxy groups -OCH3 is 1. The highest BCUT2D eigenvalue weighted by Crippen LogP contribution is 2.23. The fraction of sp³-hybridized carbons (Fsp3) is 0.812. The molecule has 1 aromatic heterocycles. The number of nitrogens with zero attached hydrogens (tertiary/aromatic N) is 1. The zero-order valence-electron chi connectivity index (χ0n) is 14.0. The smallest absolute Gasteiger partial charge is 0.0957 e. The summed E-state index contributed by atoms with van der Waals surface area (Å²) in [4.78, 5) is 6.22. The third kappa shape index (κ3) is 6.33. The van der Waals surface area contributed by atoms with E-state index in [0.29, 0.717) is 5.92 Å². The summed E-state index contributed by atoms with van der Waals surface area (Å²) in [7, 11) is 1.76. The lowest BCUT2D eigenvalue weighted by Gasteiger charge is -2.20. The van der Waals surface area contributed by atoms with E-state index in [0.717, 1.165) is 19.4 Å². The van der Waals surface area contributed by atoms with E-state index in [4.69, 9.17) is 9.72 Å². The van der Waals surface area contributed by atoms with Crippen LogP contribution in [0, 0.1) is 5.92 Å². The van der Waals surface area contributed by atoms with Gasteiger partial charge in [-0.15, -0.1) is 11.3 Å². The van der Waals surface area contributed by atoms with Crippen LogP contribution in [-0.2, 0) is 24.1 Å². The largest absolute Gasteiger partial charge is 0.381 e. The molecule has 3 nitrogen and oxygen atoms in total. The summed E-state index contributed by atoms with van der Waals surface area (Å²) >= 11 is 1.83. The van der Waals surface area contributed by atoms with Crippen molar-refractivity contribution in [1.29, 1.82) is 0 Å². The maximum atomic E-state index is 5.35. The summed E-state index contributed by atoms with van der Waals surface area (Å²) in [6, 6.07) is 0. The summed E-state index contributed by atoms with van der Waals surface area (Å²) < 4.78 is 5.35. The van der Waals surface area contributed by atoms with Gasteiger partial charge in [-0.25, -0.2) is 4.98 Å². The van der Waals surface area contributed by atoms with Crippen LogP contribution in [0.25, 0.3) is 0 Å². The van der Waals surface area contributed by atoms with Crippen LogP contribution >= 0.6 is 11.3 Å². The fourth-order valence-electron chi connectivity index (χ4n) is 1.88. The molecule has 0 aliphatic rings. The van der Waals surface area contributed by atoms with Gasteiger partial charge in [0.15, 0.2) is 0 Å². The number of hydrogen-bond acceptors (Lipinski definition) is 4. The highest BCUT2D eigenvalue weighted by Gasteiger charge is 2.16. The van der Waals surface area contributed by atoms with Gasteiger partial charge in [0.05, 0.1) is 16.8 Å². The molecule has 1 unspecified atom stereocenters. The Balaban J connectivity index is 2.82. The van der Waals surface area contributed by atoms with Gasteiger partial charge in [-0.2, -0.15) is 0 Å². The molecule has 116 valence electrons. The maximum absolute atomic E-state index is 5.35. The predicted octanol–water partition coefficient (Wildman–Crippen LogP) is 3.81. The van der Waals surface area contributed by atoms with Crippen molar-refractivity contribution >= 4 is 11.3 Å². The van der Waals surface area contributed by atoms with Gasteiger partial charge in [0, 0.05) is 30.5 Å². The van der Waals surface area contributed by atoms with Gasteiger partial charge in [-0.3, -0.25) is 0 Å². The van der Waals surface area contributed by atoms with Crippen LogP contribution in [-0.4, -0.2) is 23.7 Å². The quantitative estimate of drug-likeness (QED) is 0.831. The minimum absolute atomic E-state index is 0.138. The molecule has 20 heavy (non-hydrogen) atoms. The van der Waals surface area contributed by atoms with Gasteiger partial charge in [0.1, 0.15) is 0 Å². The van der Waals surface area contributed by atoms with Crippen molar-refractivity contribution < 1.29 is 4.74 Å². The van der Waals surface area contributed by atoms with Gasteiger partial charge in [0.25, 0.3) is 0 Å². The molecule has 0 radical (unpaired) electrons. The minimum atomic E-state index is 0.138. The number of hydrogen-bond donors (Lipinski definition) is 1. The molecular weight excluding hydrogens is 268 g/mol. The van der Waals surface area contributed by atoms with Crippen molar-refractivity contribution in [3.05, 3.63) is 15.6 Å². The standard InChI is InChI=1S/C16H30N2OS/c1-11(2)8-13-14(10-17-16(4,5)6)20-15(18-13)9-12(3)19-7/h11-12,17H,8-10H2,1-7H3. The molecule has 0 amide bonds. The zero-order valence-corrected chi connectivity index (χ0v) is 14.9. The summed E-state index contributed by atoms with van der Waals surface area (Å²) in [6.07, 6.45) is 2.19. The lowest BCUT2D eigenvalue weighted by molar-refractivity contribution is 0.118. The number of nitrogens with one attached hydrogen (secondary N) is 1. The first kappa shape index (κ1) is 17.6. The van der Waals surface area contributed by atoms with Crippen molar-refractivity contribution in [3.8, 4) is 0 Å². The van der Waals surface area contributed by atoms with E-state index >= 15 is 0 Å². The Bertz CT molecular complexity index is 407. The highest BCUT2D eigenvalue weighted by atomic mass is 32.1. The first-order chi connectivity index (χ1) is 9.21. The molecule has 0 saturated heterocycles. The molecule has 0 spiro atoms. The predicted molar refractivity (Wildman–Crippen MR) is 87.4 cm³/mol. The second-order valence-corrected chi connectivity index (χ2v) is 8.10. The Morgan fingerprint density at radius 1 is 1.20 bits per heavy atom. The fourth-order valence-corrected chi connectivity index (χ4v) is 3.03. The highest BCUT2D eigenvalue weighted by molar-refractivity contribution is 7.11. The van der Waals surface area contributed by atoms with Gasteiger partial charge in [-0.05, 0) is 40.0 Å². The second-order valence-electron chi connectivity index (χ2n) is 6.93. The van der Waals surface area contributed by atoms with Crippen molar-refractivity contribution in [2.45, 2.75) is 72.6 Å². The molecule has 1 heterocycles. The molecule has 1 atom stereocenters. The Hall–Kier alpha value is -0.450. The number of thiazole rings is 1. The maximum Gasteiger partial charge on any atom is 0.0957 e. The molecule has 0 saturated carbocycles. The average molecular weight is 298 g/mol. The molecule has 4 heteroatoms. The third-order valence-electron chi connectivity index (χ3n) is 3.07. The van der Waals surface area contributed by atoms with Crippen molar-refractivity contribution in [2.24, 2.45) is 5.92 Å². The number of aromatic nitrogens is 1. The van der Waals surface area contributed by atoms with Crippen molar-refractivity contribution in [2.75, 3.05) is 7.11 Å². The van der Waals surface area contributed by atoms with E-state index in [9.17, 15) is 0 Å². The van der Waals surface area contributed by atoms with Crippen LogP contribution in [0.5, 0.6) is 0 Å². The average Bonchev–Trinajstić information content (AvgIpc) is 2.66. The summed E-state index contributed by atoms with van der Waals surface area (Å²) in [5.74, 6) is 0.637. The SMILES string of the molecule is COC(C)Cc1nc(CC(C)C)c(CNC(C)(C)C)s1. The van der Waals surface area contributed by atoms with E-state index in [1.165, 1.54) is 15.6 Å². The molecular formula is C16H30N2OS. The number of rotatable bonds is 7. The van der Waals surface area contributed by atoms with E-state index in [1.54, 1.807) is 7.11 Å². The first-order valence-corrected chi connectivity index (χ1v) is 8.28. The molecule has 1 rings (SSSR count). The van der Waals surface area contributed by atoms with Crippen LogP contribution in [0.3, 0.4) is 0 Å². The molecule has 0 bridgehead atoms.